The minimum Gasteiger partial charge on any atom is -0.338 e. The molecule has 1 rings (SSSR count). The fraction of sp³-hybridized carbons (Fsp3) is 0.909. The van der Waals surface area contributed by atoms with Gasteiger partial charge < -0.3 is 10.2 Å². The summed E-state index contributed by atoms with van der Waals surface area (Å²) in [6, 6.07) is -0.452. The van der Waals surface area contributed by atoms with Crippen molar-refractivity contribution >= 4 is 16.1 Å². The number of primary sulfonamides is 1. The first-order valence-electron chi connectivity index (χ1n) is 6.49. The van der Waals surface area contributed by atoms with E-state index in [-0.39, 0.29) is 17.8 Å². The highest BCUT2D eigenvalue weighted by Crippen LogP contribution is 2.18. The molecular formula is C11H23N3O3S. The first-order chi connectivity index (χ1) is 8.44. The SMILES string of the molecule is CCCCNC(=O)N1CCCCC1CS(N)(=O)=O. The smallest absolute Gasteiger partial charge is 0.317 e. The van der Waals surface area contributed by atoms with Crippen LogP contribution in [-0.4, -0.2) is 44.2 Å². The molecule has 1 atom stereocenters. The average molecular weight is 277 g/mol. The van der Waals surface area contributed by atoms with Gasteiger partial charge in [-0.25, -0.2) is 18.4 Å². The summed E-state index contributed by atoms with van der Waals surface area (Å²) in [6.07, 6.45) is 4.51. The summed E-state index contributed by atoms with van der Waals surface area (Å²) in [5.41, 5.74) is 0. The highest BCUT2D eigenvalue weighted by molar-refractivity contribution is 7.89. The quantitative estimate of drug-likeness (QED) is 0.722. The third-order valence-electron chi connectivity index (χ3n) is 3.12. The number of rotatable bonds is 5. The molecule has 3 N–H and O–H groups in total. The van der Waals surface area contributed by atoms with E-state index in [1.807, 2.05) is 0 Å². The summed E-state index contributed by atoms with van der Waals surface area (Å²) in [6.45, 7) is 3.29. The number of urea groups is 1. The molecule has 0 radical (unpaired) electrons. The lowest BCUT2D eigenvalue weighted by Crippen LogP contribution is -2.51. The average Bonchev–Trinajstić information content (AvgIpc) is 2.27. The van der Waals surface area contributed by atoms with Gasteiger partial charge in [-0.15, -0.1) is 0 Å². The second-order valence-corrected chi connectivity index (χ2v) is 6.42. The Morgan fingerprint density at radius 2 is 2.17 bits per heavy atom. The number of hydrogen-bond donors (Lipinski definition) is 2. The monoisotopic (exact) mass is 277 g/mol. The fourth-order valence-electron chi connectivity index (χ4n) is 2.18. The lowest BCUT2D eigenvalue weighted by molar-refractivity contribution is 0.159. The van der Waals surface area contributed by atoms with E-state index in [1.54, 1.807) is 4.90 Å². The maximum absolute atomic E-state index is 11.9. The molecule has 106 valence electrons. The first kappa shape index (κ1) is 15.2. The topological polar surface area (TPSA) is 92.5 Å². The fourth-order valence-corrected chi connectivity index (χ4v) is 3.07. The third-order valence-corrected chi connectivity index (χ3v) is 3.97. The third kappa shape index (κ3) is 5.22. The van der Waals surface area contributed by atoms with Crippen LogP contribution in [0.25, 0.3) is 0 Å². The highest BCUT2D eigenvalue weighted by atomic mass is 32.2. The molecule has 1 aliphatic heterocycles. The van der Waals surface area contributed by atoms with E-state index < -0.39 is 10.0 Å². The molecular weight excluding hydrogens is 254 g/mol. The van der Waals surface area contributed by atoms with Gasteiger partial charge in [0, 0.05) is 19.1 Å². The molecule has 18 heavy (non-hydrogen) atoms. The lowest BCUT2D eigenvalue weighted by Gasteiger charge is -2.35. The Labute approximate surface area is 109 Å². The van der Waals surface area contributed by atoms with Crippen molar-refractivity contribution in [1.29, 1.82) is 0 Å². The summed E-state index contributed by atoms with van der Waals surface area (Å²) >= 11 is 0. The van der Waals surface area contributed by atoms with Crippen molar-refractivity contribution in [2.45, 2.75) is 45.1 Å². The molecule has 0 aliphatic carbocycles. The van der Waals surface area contributed by atoms with Crippen molar-refractivity contribution in [3.05, 3.63) is 0 Å². The van der Waals surface area contributed by atoms with Gasteiger partial charge in [0.15, 0.2) is 0 Å². The Hall–Kier alpha value is -0.820. The molecule has 0 aromatic rings. The van der Waals surface area contributed by atoms with E-state index in [9.17, 15) is 13.2 Å². The van der Waals surface area contributed by atoms with Crippen molar-refractivity contribution in [2.75, 3.05) is 18.8 Å². The highest BCUT2D eigenvalue weighted by Gasteiger charge is 2.29. The van der Waals surface area contributed by atoms with Crippen LogP contribution >= 0.6 is 0 Å². The summed E-state index contributed by atoms with van der Waals surface area (Å²) in [7, 11) is -3.54. The molecule has 0 aromatic carbocycles. The van der Waals surface area contributed by atoms with Crippen molar-refractivity contribution in [2.24, 2.45) is 5.14 Å². The number of nitrogens with one attached hydrogen (secondary N) is 1. The summed E-state index contributed by atoms with van der Waals surface area (Å²) in [5, 5.41) is 7.88. The van der Waals surface area contributed by atoms with E-state index in [1.165, 1.54) is 0 Å². The maximum atomic E-state index is 11.9. The van der Waals surface area contributed by atoms with Gasteiger partial charge in [0.05, 0.1) is 5.75 Å². The second kappa shape index (κ2) is 6.94. The summed E-state index contributed by atoms with van der Waals surface area (Å²) < 4.78 is 22.3. The molecule has 0 aromatic heterocycles. The van der Waals surface area contributed by atoms with Crippen LogP contribution in [0.5, 0.6) is 0 Å². The van der Waals surface area contributed by atoms with Crippen molar-refractivity contribution in [3.8, 4) is 0 Å². The summed E-state index contributed by atoms with van der Waals surface area (Å²) in [5.74, 6) is -0.145. The van der Waals surface area contributed by atoms with Crippen LogP contribution in [0.1, 0.15) is 39.0 Å². The van der Waals surface area contributed by atoms with Gasteiger partial charge in [0.1, 0.15) is 0 Å². The Bertz CT molecular complexity index is 370. The van der Waals surface area contributed by atoms with Crippen LogP contribution in [0, 0.1) is 0 Å². The van der Waals surface area contributed by atoms with Gasteiger partial charge in [-0.2, -0.15) is 0 Å². The summed E-state index contributed by atoms with van der Waals surface area (Å²) in [4.78, 5) is 13.6. The molecule has 2 amide bonds. The number of sulfonamides is 1. The van der Waals surface area contributed by atoms with Crippen LogP contribution in [0.3, 0.4) is 0 Å². The molecule has 6 nitrogen and oxygen atoms in total. The van der Waals surface area contributed by atoms with Crippen LogP contribution in [0.2, 0.25) is 0 Å². The van der Waals surface area contributed by atoms with Crippen molar-refractivity contribution < 1.29 is 13.2 Å². The number of nitrogens with zero attached hydrogens (tertiary/aromatic N) is 1. The minimum atomic E-state index is -3.54. The number of piperidine rings is 1. The number of carbonyl (C=O) groups excluding carboxylic acids is 1. The molecule has 1 unspecified atom stereocenters. The molecule has 1 aliphatic rings. The molecule has 0 spiro atoms. The normalized spacial score (nSPS) is 20.8. The van der Waals surface area contributed by atoms with Crippen LogP contribution in [0.15, 0.2) is 0 Å². The number of nitrogens with two attached hydrogens (primary N) is 1. The van der Waals surface area contributed by atoms with E-state index in [0.29, 0.717) is 19.5 Å². The number of likely N-dealkylation sites (tertiary alicyclic amines) is 1. The van der Waals surface area contributed by atoms with Gasteiger partial charge in [-0.1, -0.05) is 13.3 Å². The van der Waals surface area contributed by atoms with Crippen LogP contribution in [-0.2, 0) is 10.0 Å². The molecule has 0 saturated carbocycles. The molecule has 1 fully saturated rings. The van der Waals surface area contributed by atoms with E-state index >= 15 is 0 Å². The maximum Gasteiger partial charge on any atom is 0.317 e. The molecule has 1 saturated heterocycles. The zero-order valence-electron chi connectivity index (χ0n) is 10.9. The van der Waals surface area contributed by atoms with Gasteiger partial charge in [-0.05, 0) is 25.7 Å². The predicted molar refractivity (Wildman–Crippen MR) is 70.6 cm³/mol. The Balaban J connectivity index is 2.56. The Kier molecular flexibility index (Phi) is 5.87. The predicted octanol–water partition coefficient (Wildman–Crippen LogP) is 0.639. The molecule has 7 heteroatoms. The standard InChI is InChI=1S/C11H23N3O3S/c1-2-3-7-13-11(15)14-8-5-4-6-10(14)9-18(12,16)17/h10H,2-9H2,1H3,(H,13,15)(H2,12,16,17). The largest absolute Gasteiger partial charge is 0.338 e. The molecule has 1 heterocycles. The van der Waals surface area contributed by atoms with Gasteiger partial charge >= 0.3 is 6.03 Å². The lowest BCUT2D eigenvalue weighted by atomic mass is 10.0. The number of carbonyl (C=O) groups is 1. The van der Waals surface area contributed by atoms with E-state index in [2.05, 4.69) is 12.2 Å². The Morgan fingerprint density at radius 3 is 2.78 bits per heavy atom. The molecule has 0 bridgehead atoms. The van der Waals surface area contributed by atoms with Gasteiger partial charge in [-0.3, -0.25) is 0 Å². The first-order valence-corrected chi connectivity index (χ1v) is 8.20. The van der Waals surface area contributed by atoms with Crippen molar-refractivity contribution in [1.82, 2.24) is 10.2 Å². The van der Waals surface area contributed by atoms with Crippen LogP contribution < -0.4 is 10.5 Å². The second-order valence-electron chi connectivity index (χ2n) is 4.76. The minimum absolute atomic E-state index is 0.145. The van der Waals surface area contributed by atoms with E-state index in [4.69, 9.17) is 5.14 Å². The van der Waals surface area contributed by atoms with E-state index in [0.717, 1.165) is 25.7 Å². The van der Waals surface area contributed by atoms with Crippen molar-refractivity contribution in [3.63, 3.8) is 0 Å². The van der Waals surface area contributed by atoms with Gasteiger partial charge in [0.25, 0.3) is 0 Å². The zero-order valence-corrected chi connectivity index (χ0v) is 11.7. The van der Waals surface area contributed by atoms with Crippen LogP contribution in [0.4, 0.5) is 4.79 Å². The zero-order chi connectivity index (χ0) is 13.6. The number of hydrogen-bond acceptors (Lipinski definition) is 3. The number of amides is 2. The van der Waals surface area contributed by atoms with Gasteiger partial charge in [0.2, 0.25) is 10.0 Å². The Morgan fingerprint density at radius 1 is 1.44 bits per heavy atom. The number of unbranched alkanes of at least 4 members (excludes halogenated alkanes) is 1.